The molecule has 2 aromatic rings. The fourth-order valence-corrected chi connectivity index (χ4v) is 2.04. The van der Waals surface area contributed by atoms with Gasteiger partial charge in [-0.05, 0) is 43.8 Å². The molecular formula is C17H23FN2O4. The maximum Gasteiger partial charge on any atom is 0.303 e. The molecule has 7 heteroatoms. The highest BCUT2D eigenvalue weighted by Gasteiger charge is 2.05. The van der Waals surface area contributed by atoms with Crippen molar-refractivity contribution < 1.29 is 24.2 Å². The third-order valence-electron chi connectivity index (χ3n) is 3.58. The van der Waals surface area contributed by atoms with Gasteiger partial charge in [-0.3, -0.25) is 9.59 Å². The Kier molecular flexibility index (Phi) is 7.91. The van der Waals surface area contributed by atoms with Gasteiger partial charge in [0.2, 0.25) is 0 Å². The van der Waals surface area contributed by atoms with Gasteiger partial charge in [0.05, 0.1) is 12.8 Å². The lowest BCUT2D eigenvalue weighted by Crippen LogP contribution is -2.20. The normalized spacial score (nSPS) is 10.5. The third-order valence-corrected chi connectivity index (χ3v) is 3.58. The second kappa shape index (κ2) is 9.67. The number of rotatable bonds is 7. The van der Waals surface area contributed by atoms with E-state index in [0.29, 0.717) is 0 Å². The number of hydrogen-bond acceptors (Lipinski definition) is 3. The molecule has 0 atom stereocenters. The summed E-state index contributed by atoms with van der Waals surface area (Å²) in [5, 5.41) is 16.8. The van der Waals surface area contributed by atoms with Gasteiger partial charge in [-0.25, -0.2) is 4.39 Å². The van der Waals surface area contributed by atoms with E-state index in [4.69, 9.17) is 10.2 Å². The highest BCUT2D eigenvalue weighted by atomic mass is 19.1. The van der Waals surface area contributed by atoms with Crippen LogP contribution >= 0.6 is 0 Å². The molecule has 0 radical (unpaired) electrons. The van der Waals surface area contributed by atoms with Crippen LogP contribution in [0.25, 0.3) is 10.9 Å². The smallest absolute Gasteiger partial charge is 0.303 e. The predicted molar refractivity (Wildman–Crippen MR) is 89.6 cm³/mol. The van der Waals surface area contributed by atoms with E-state index in [1.54, 1.807) is 12.1 Å². The molecule has 24 heavy (non-hydrogen) atoms. The summed E-state index contributed by atoms with van der Waals surface area (Å²) in [6.45, 7) is 4.17. The van der Waals surface area contributed by atoms with Gasteiger partial charge >= 0.3 is 11.9 Å². The van der Waals surface area contributed by atoms with Crippen LogP contribution in [-0.4, -0.2) is 52.2 Å². The summed E-state index contributed by atoms with van der Waals surface area (Å²) >= 11 is 0. The van der Waals surface area contributed by atoms with Crippen molar-refractivity contribution in [2.75, 3.05) is 20.1 Å². The van der Waals surface area contributed by atoms with Gasteiger partial charge in [-0.1, -0.05) is 6.92 Å². The minimum atomic E-state index is -1.08. The Bertz CT molecular complexity index is 670. The van der Waals surface area contributed by atoms with Gasteiger partial charge in [0.25, 0.3) is 0 Å². The molecule has 132 valence electrons. The molecule has 1 aromatic heterocycles. The molecule has 0 aliphatic carbocycles. The topological polar surface area (TPSA) is 93.6 Å². The van der Waals surface area contributed by atoms with Crippen LogP contribution in [0.5, 0.6) is 0 Å². The zero-order valence-electron chi connectivity index (χ0n) is 13.9. The third kappa shape index (κ3) is 6.78. The molecule has 0 fully saturated rings. The van der Waals surface area contributed by atoms with E-state index in [1.807, 2.05) is 6.20 Å². The summed E-state index contributed by atoms with van der Waals surface area (Å²) in [5.74, 6) is -2.32. The lowest BCUT2D eigenvalue weighted by molar-refractivity contribution is -0.143. The summed E-state index contributed by atoms with van der Waals surface area (Å²) in [7, 11) is 2.09. The van der Waals surface area contributed by atoms with Crippen LogP contribution in [0.2, 0.25) is 0 Å². The van der Waals surface area contributed by atoms with Crippen LogP contribution in [0.4, 0.5) is 4.39 Å². The van der Waals surface area contributed by atoms with E-state index >= 15 is 0 Å². The van der Waals surface area contributed by atoms with Crippen LogP contribution in [0.15, 0.2) is 24.4 Å². The van der Waals surface area contributed by atoms with Crippen molar-refractivity contribution in [1.82, 2.24) is 9.88 Å². The van der Waals surface area contributed by atoms with Crippen LogP contribution in [0, 0.1) is 5.82 Å². The molecule has 6 nitrogen and oxygen atoms in total. The number of carboxylic acid groups (broad SMARTS) is 2. The van der Waals surface area contributed by atoms with Gasteiger partial charge in [0, 0.05) is 23.6 Å². The number of aromatic amines is 1. The van der Waals surface area contributed by atoms with Crippen molar-refractivity contribution in [1.29, 1.82) is 0 Å². The maximum atomic E-state index is 13.1. The number of H-pyrrole nitrogens is 1. The number of halogens is 1. The van der Waals surface area contributed by atoms with Gasteiger partial charge in [0.15, 0.2) is 0 Å². The fraction of sp³-hybridized carbons (Fsp3) is 0.412. The second-order valence-electron chi connectivity index (χ2n) is 5.44. The summed E-state index contributed by atoms with van der Waals surface area (Å²) in [5.41, 5.74) is 2.20. The number of nitrogens with one attached hydrogen (secondary N) is 1. The van der Waals surface area contributed by atoms with Crippen LogP contribution in [0.3, 0.4) is 0 Å². The first-order valence-corrected chi connectivity index (χ1v) is 7.71. The number of aliphatic carboxylic acids is 2. The lowest BCUT2D eigenvalue weighted by atomic mass is 10.1. The highest BCUT2D eigenvalue weighted by Crippen LogP contribution is 2.19. The number of carbonyl (C=O) groups is 2. The van der Waals surface area contributed by atoms with Crippen molar-refractivity contribution in [3.63, 3.8) is 0 Å². The average Bonchev–Trinajstić information content (AvgIpc) is 2.93. The van der Waals surface area contributed by atoms with Crippen molar-refractivity contribution in [3.8, 4) is 0 Å². The molecule has 0 saturated heterocycles. The van der Waals surface area contributed by atoms with Gasteiger partial charge in [-0.2, -0.15) is 0 Å². The largest absolute Gasteiger partial charge is 0.481 e. The Labute approximate surface area is 139 Å². The molecule has 1 heterocycles. The van der Waals surface area contributed by atoms with E-state index < -0.39 is 11.9 Å². The zero-order chi connectivity index (χ0) is 18.1. The number of aromatic nitrogens is 1. The fourth-order valence-electron chi connectivity index (χ4n) is 2.04. The Hall–Kier alpha value is -2.41. The maximum absolute atomic E-state index is 13.1. The SMILES string of the molecule is CCN(C)CCc1c[nH]c2ccc(F)cc12.O=C(O)CCC(=O)O. The first-order valence-electron chi connectivity index (χ1n) is 7.71. The monoisotopic (exact) mass is 338 g/mol. The van der Waals surface area contributed by atoms with Gasteiger partial charge in [-0.15, -0.1) is 0 Å². The Morgan fingerprint density at radius 3 is 2.38 bits per heavy atom. The van der Waals surface area contributed by atoms with E-state index in [-0.39, 0.29) is 18.7 Å². The van der Waals surface area contributed by atoms with Gasteiger partial charge < -0.3 is 20.1 Å². The number of fused-ring (bicyclic) bond motifs is 1. The van der Waals surface area contributed by atoms with Crippen LogP contribution in [-0.2, 0) is 16.0 Å². The van der Waals surface area contributed by atoms with Crippen LogP contribution in [0.1, 0.15) is 25.3 Å². The first kappa shape index (κ1) is 19.6. The quantitative estimate of drug-likeness (QED) is 0.722. The molecule has 1 aromatic carbocycles. The average molecular weight is 338 g/mol. The predicted octanol–water partition coefficient (Wildman–Crippen LogP) is 2.74. The molecular weight excluding hydrogens is 315 g/mol. The molecule has 3 N–H and O–H groups in total. The number of hydrogen-bond donors (Lipinski definition) is 3. The number of benzene rings is 1. The minimum Gasteiger partial charge on any atom is -0.481 e. The molecule has 0 bridgehead atoms. The number of likely N-dealkylation sites (N-methyl/N-ethyl adjacent to an activating group) is 1. The standard InChI is InChI=1S/C13H17FN2.C4H6O4/c1-3-16(2)7-6-10-9-15-13-5-4-11(14)8-12(10)13;5-3(6)1-2-4(7)8/h4-5,8-9,15H,3,6-7H2,1-2H3;1-2H2,(H,5,6)(H,7,8). The zero-order valence-corrected chi connectivity index (χ0v) is 13.9. The van der Waals surface area contributed by atoms with Crippen molar-refractivity contribution in [2.24, 2.45) is 0 Å². The Balaban J connectivity index is 0.000000307. The molecule has 0 spiro atoms. The Morgan fingerprint density at radius 2 is 1.83 bits per heavy atom. The molecule has 0 aliphatic heterocycles. The summed E-state index contributed by atoms with van der Waals surface area (Å²) < 4.78 is 13.1. The summed E-state index contributed by atoms with van der Waals surface area (Å²) in [6.07, 6.45) is 2.34. The summed E-state index contributed by atoms with van der Waals surface area (Å²) in [6, 6.07) is 4.88. The number of nitrogens with zero attached hydrogens (tertiary/aromatic N) is 1. The molecule has 0 amide bonds. The van der Waals surface area contributed by atoms with Crippen molar-refractivity contribution in [3.05, 3.63) is 35.8 Å². The van der Waals surface area contributed by atoms with Crippen LogP contribution < -0.4 is 0 Å². The summed E-state index contributed by atoms with van der Waals surface area (Å²) in [4.78, 5) is 24.7. The minimum absolute atomic E-state index is 0.169. The van der Waals surface area contributed by atoms with Crippen molar-refractivity contribution in [2.45, 2.75) is 26.2 Å². The highest BCUT2D eigenvalue weighted by molar-refractivity contribution is 5.83. The molecule has 2 rings (SSSR count). The van der Waals surface area contributed by atoms with E-state index in [1.165, 1.54) is 11.6 Å². The molecule has 0 aliphatic rings. The van der Waals surface area contributed by atoms with E-state index in [9.17, 15) is 14.0 Å². The molecule has 0 unspecified atom stereocenters. The first-order chi connectivity index (χ1) is 11.3. The number of carboxylic acids is 2. The lowest BCUT2D eigenvalue weighted by Gasteiger charge is -2.12. The van der Waals surface area contributed by atoms with E-state index in [2.05, 4.69) is 23.9 Å². The van der Waals surface area contributed by atoms with Gasteiger partial charge in [0.1, 0.15) is 5.82 Å². The van der Waals surface area contributed by atoms with Crippen molar-refractivity contribution >= 4 is 22.8 Å². The Morgan fingerprint density at radius 1 is 1.21 bits per heavy atom. The second-order valence-corrected chi connectivity index (χ2v) is 5.44. The van der Waals surface area contributed by atoms with E-state index in [0.717, 1.165) is 30.4 Å². The molecule has 0 saturated carbocycles.